The SMILES string of the molecule is CC(C)(c1ccccc1)c1cc(Cl)cc(N(c2ccccc2)c2ccccc2)c1. The largest absolute Gasteiger partial charge is 0.310 e. The van der Waals surface area contributed by atoms with Gasteiger partial charge >= 0.3 is 0 Å². The highest BCUT2D eigenvalue weighted by Crippen LogP contribution is 2.40. The summed E-state index contributed by atoms with van der Waals surface area (Å²) in [7, 11) is 0. The van der Waals surface area contributed by atoms with Gasteiger partial charge < -0.3 is 4.90 Å². The first-order chi connectivity index (χ1) is 14.1. The molecule has 0 aromatic heterocycles. The zero-order valence-electron chi connectivity index (χ0n) is 16.7. The quantitative estimate of drug-likeness (QED) is 0.328. The Balaban J connectivity index is 1.87. The van der Waals surface area contributed by atoms with Gasteiger partial charge in [0.1, 0.15) is 0 Å². The zero-order valence-corrected chi connectivity index (χ0v) is 17.5. The van der Waals surface area contributed by atoms with E-state index in [2.05, 4.69) is 110 Å². The second kappa shape index (κ2) is 8.14. The van der Waals surface area contributed by atoms with Gasteiger partial charge in [0.2, 0.25) is 0 Å². The van der Waals surface area contributed by atoms with Crippen LogP contribution in [0.2, 0.25) is 5.02 Å². The normalized spacial score (nSPS) is 11.3. The van der Waals surface area contributed by atoms with E-state index in [0.717, 1.165) is 22.1 Å². The fourth-order valence-electron chi connectivity index (χ4n) is 3.69. The molecule has 29 heavy (non-hydrogen) atoms. The smallest absolute Gasteiger partial charge is 0.0479 e. The van der Waals surface area contributed by atoms with Crippen LogP contribution in [-0.2, 0) is 5.41 Å². The first kappa shape index (κ1) is 19.3. The summed E-state index contributed by atoms with van der Waals surface area (Å²) >= 11 is 6.64. The van der Waals surface area contributed by atoms with Gasteiger partial charge in [0.25, 0.3) is 0 Å². The Hall–Kier alpha value is -3.03. The van der Waals surface area contributed by atoms with Crippen molar-refractivity contribution < 1.29 is 0 Å². The number of para-hydroxylation sites is 2. The number of rotatable bonds is 5. The lowest BCUT2D eigenvalue weighted by Crippen LogP contribution is -2.20. The summed E-state index contributed by atoms with van der Waals surface area (Å²) in [4.78, 5) is 2.25. The molecule has 0 aliphatic carbocycles. The van der Waals surface area contributed by atoms with Gasteiger partial charge in [-0.15, -0.1) is 0 Å². The summed E-state index contributed by atoms with van der Waals surface area (Å²) < 4.78 is 0. The van der Waals surface area contributed by atoms with Gasteiger partial charge in [-0.3, -0.25) is 0 Å². The molecule has 0 heterocycles. The lowest BCUT2D eigenvalue weighted by Gasteiger charge is -2.30. The molecule has 0 spiro atoms. The number of anilines is 3. The summed E-state index contributed by atoms with van der Waals surface area (Å²) in [5.41, 5.74) is 5.53. The van der Waals surface area contributed by atoms with Crippen molar-refractivity contribution >= 4 is 28.7 Å². The molecule has 0 aliphatic rings. The molecule has 4 rings (SSSR count). The molecule has 0 N–H and O–H groups in total. The van der Waals surface area contributed by atoms with Crippen LogP contribution in [0.4, 0.5) is 17.1 Å². The Morgan fingerprint density at radius 3 is 1.55 bits per heavy atom. The minimum atomic E-state index is -0.167. The van der Waals surface area contributed by atoms with Gasteiger partial charge in [-0.05, 0) is 53.6 Å². The van der Waals surface area contributed by atoms with Crippen molar-refractivity contribution in [1.82, 2.24) is 0 Å². The molecule has 0 unspecified atom stereocenters. The Morgan fingerprint density at radius 2 is 1.03 bits per heavy atom. The van der Waals surface area contributed by atoms with Gasteiger partial charge in [0, 0.05) is 27.5 Å². The van der Waals surface area contributed by atoms with Gasteiger partial charge in [-0.25, -0.2) is 0 Å². The fourth-order valence-corrected chi connectivity index (χ4v) is 3.92. The van der Waals surface area contributed by atoms with E-state index in [0.29, 0.717) is 0 Å². The van der Waals surface area contributed by atoms with E-state index >= 15 is 0 Å². The van der Waals surface area contributed by atoms with Crippen LogP contribution >= 0.6 is 11.6 Å². The van der Waals surface area contributed by atoms with E-state index in [1.54, 1.807) is 0 Å². The summed E-state index contributed by atoms with van der Waals surface area (Å²) in [6, 6.07) is 37.7. The summed E-state index contributed by atoms with van der Waals surface area (Å²) in [5.74, 6) is 0. The monoisotopic (exact) mass is 397 g/mol. The highest BCUT2D eigenvalue weighted by Gasteiger charge is 2.25. The highest BCUT2D eigenvalue weighted by molar-refractivity contribution is 6.31. The van der Waals surface area contributed by atoms with Crippen LogP contribution < -0.4 is 4.90 Å². The molecular formula is C27H24ClN. The topological polar surface area (TPSA) is 3.24 Å². The maximum atomic E-state index is 6.64. The van der Waals surface area contributed by atoms with Gasteiger partial charge in [0.15, 0.2) is 0 Å². The lowest BCUT2D eigenvalue weighted by atomic mass is 9.78. The summed E-state index contributed by atoms with van der Waals surface area (Å²) in [6.45, 7) is 4.49. The fraction of sp³-hybridized carbons (Fsp3) is 0.111. The van der Waals surface area contributed by atoms with Crippen molar-refractivity contribution in [2.24, 2.45) is 0 Å². The van der Waals surface area contributed by atoms with E-state index in [-0.39, 0.29) is 5.41 Å². The summed E-state index contributed by atoms with van der Waals surface area (Å²) in [6.07, 6.45) is 0. The third-order valence-corrected chi connectivity index (χ3v) is 5.60. The predicted octanol–water partition coefficient (Wildman–Crippen LogP) is 8.14. The van der Waals surface area contributed by atoms with Crippen LogP contribution in [0.25, 0.3) is 0 Å². The van der Waals surface area contributed by atoms with Crippen LogP contribution in [0, 0.1) is 0 Å². The first-order valence-electron chi connectivity index (χ1n) is 9.82. The van der Waals surface area contributed by atoms with Crippen molar-refractivity contribution in [2.45, 2.75) is 19.3 Å². The average molecular weight is 398 g/mol. The third kappa shape index (κ3) is 4.06. The lowest BCUT2D eigenvalue weighted by molar-refractivity contribution is 0.641. The number of benzene rings is 4. The van der Waals surface area contributed by atoms with Crippen molar-refractivity contribution in [1.29, 1.82) is 0 Å². The Morgan fingerprint density at radius 1 is 0.552 bits per heavy atom. The molecule has 0 atom stereocenters. The van der Waals surface area contributed by atoms with E-state index < -0.39 is 0 Å². The van der Waals surface area contributed by atoms with E-state index in [1.165, 1.54) is 11.1 Å². The number of nitrogens with zero attached hydrogens (tertiary/aromatic N) is 1. The third-order valence-electron chi connectivity index (χ3n) is 5.39. The molecule has 144 valence electrons. The van der Waals surface area contributed by atoms with E-state index in [1.807, 2.05) is 18.2 Å². The first-order valence-corrected chi connectivity index (χ1v) is 10.2. The molecule has 4 aromatic rings. The Labute approximate surface area is 178 Å². The predicted molar refractivity (Wildman–Crippen MR) is 125 cm³/mol. The Bertz CT molecular complexity index is 1030. The average Bonchev–Trinajstić information content (AvgIpc) is 2.76. The van der Waals surface area contributed by atoms with Gasteiger partial charge in [-0.1, -0.05) is 92.2 Å². The second-order valence-electron chi connectivity index (χ2n) is 7.70. The molecule has 0 fully saturated rings. The molecule has 0 saturated carbocycles. The molecule has 1 nitrogen and oxygen atoms in total. The van der Waals surface area contributed by atoms with Crippen LogP contribution in [0.15, 0.2) is 109 Å². The van der Waals surface area contributed by atoms with Gasteiger partial charge in [-0.2, -0.15) is 0 Å². The molecule has 0 bridgehead atoms. The number of hydrogen-bond acceptors (Lipinski definition) is 1. The van der Waals surface area contributed by atoms with E-state index in [9.17, 15) is 0 Å². The minimum absolute atomic E-state index is 0.167. The van der Waals surface area contributed by atoms with Gasteiger partial charge in [0.05, 0.1) is 0 Å². The van der Waals surface area contributed by atoms with Crippen LogP contribution in [0.3, 0.4) is 0 Å². The van der Waals surface area contributed by atoms with E-state index in [4.69, 9.17) is 11.6 Å². The minimum Gasteiger partial charge on any atom is -0.310 e. The molecular weight excluding hydrogens is 374 g/mol. The zero-order chi connectivity index (χ0) is 20.3. The molecule has 2 heteroatoms. The molecule has 4 aromatic carbocycles. The van der Waals surface area contributed by atoms with Crippen LogP contribution in [0.1, 0.15) is 25.0 Å². The van der Waals surface area contributed by atoms with Crippen molar-refractivity contribution in [3.8, 4) is 0 Å². The molecule has 0 aliphatic heterocycles. The second-order valence-corrected chi connectivity index (χ2v) is 8.13. The van der Waals surface area contributed by atoms with Crippen LogP contribution in [0.5, 0.6) is 0 Å². The molecule has 0 amide bonds. The molecule has 0 saturated heterocycles. The Kier molecular flexibility index (Phi) is 5.42. The van der Waals surface area contributed by atoms with Crippen molar-refractivity contribution in [3.63, 3.8) is 0 Å². The molecule has 0 radical (unpaired) electrons. The number of halogens is 1. The maximum Gasteiger partial charge on any atom is 0.0479 e. The standard InChI is InChI=1S/C27H24ClN/c1-27(2,21-12-6-3-7-13-21)22-18-23(28)20-26(19-22)29(24-14-8-4-9-15-24)25-16-10-5-11-17-25/h3-20H,1-2H3. The number of hydrogen-bond donors (Lipinski definition) is 0. The summed E-state index contributed by atoms with van der Waals surface area (Å²) in [5, 5.41) is 0.735. The van der Waals surface area contributed by atoms with Crippen molar-refractivity contribution in [2.75, 3.05) is 4.90 Å². The van der Waals surface area contributed by atoms with Crippen molar-refractivity contribution in [3.05, 3.63) is 125 Å². The highest BCUT2D eigenvalue weighted by atomic mass is 35.5. The maximum absolute atomic E-state index is 6.64. The van der Waals surface area contributed by atoms with Crippen LogP contribution in [-0.4, -0.2) is 0 Å².